The van der Waals surface area contributed by atoms with Gasteiger partial charge in [0.25, 0.3) is 0 Å². The van der Waals surface area contributed by atoms with Gasteiger partial charge in [0, 0.05) is 50.9 Å². The van der Waals surface area contributed by atoms with Crippen molar-refractivity contribution in [3.8, 4) is 5.88 Å². The maximum absolute atomic E-state index is 10.3. The largest absolute Gasteiger partial charge is 0.481 e. The van der Waals surface area contributed by atoms with Gasteiger partial charge >= 0.3 is 0 Å². The van der Waals surface area contributed by atoms with E-state index in [1.165, 1.54) is 0 Å². The molecule has 0 unspecified atom stereocenters. The first-order valence-electron chi connectivity index (χ1n) is 6.22. The molecule has 1 aromatic heterocycles. The van der Waals surface area contributed by atoms with Crippen LogP contribution >= 0.6 is 0 Å². The van der Waals surface area contributed by atoms with Gasteiger partial charge in [-0.05, 0) is 6.07 Å². The maximum Gasteiger partial charge on any atom is 0.217 e. The van der Waals surface area contributed by atoms with Crippen LogP contribution in [-0.4, -0.2) is 42.6 Å². The first-order chi connectivity index (χ1) is 8.73. The molecule has 0 radical (unpaired) electrons. The molecular formula is C13H20N2O3. The van der Waals surface area contributed by atoms with Crippen LogP contribution in [-0.2, 0) is 11.3 Å². The minimum atomic E-state index is -0.645. The van der Waals surface area contributed by atoms with Crippen molar-refractivity contribution in [2.75, 3.05) is 26.9 Å². The topological polar surface area (TPSA) is 63.6 Å². The summed E-state index contributed by atoms with van der Waals surface area (Å²) in [5, 5.41) is 13.5. The van der Waals surface area contributed by atoms with Gasteiger partial charge in [-0.25, -0.2) is 4.98 Å². The number of pyridine rings is 1. The lowest BCUT2D eigenvalue weighted by atomic mass is 9.94. The van der Waals surface area contributed by atoms with Gasteiger partial charge in [-0.1, -0.05) is 6.07 Å². The van der Waals surface area contributed by atoms with Crippen LogP contribution in [0.5, 0.6) is 5.88 Å². The lowest BCUT2D eigenvalue weighted by Crippen LogP contribution is -2.44. The molecule has 5 nitrogen and oxygen atoms in total. The molecule has 5 heteroatoms. The predicted octanol–water partition coefficient (Wildman–Crippen LogP) is 0.721. The molecule has 1 saturated heterocycles. The molecule has 1 aromatic rings. The van der Waals surface area contributed by atoms with Crippen LogP contribution in [0.1, 0.15) is 18.4 Å². The Balaban J connectivity index is 1.84. The molecule has 0 bridgehead atoms. The summed E-state index contributed by atoms with van der Waals surface area (Å²) in [6, 6.07) is 3.84. The lowest BCUT2D eigenvalue weighted by molar-refractivity contribution is -0.0617. The molecule has 1 aliphatic rings. The second-order valence-electron chi connectivity index (χ2n) is 4.61. The van der Waals surface area contributed by atoms with Gasteiger partial charge in [-0.15, -0.1) is 0 Å². The fraction of sp³-hybridized carbons (Fsp3) is 0.615. The second-order valence-corrected chi connectivity index (χ2v) is 4.61. The lowest BCUT2D eigenvalue weighted by Gasteiger charge is -2.32. The van der Waals surface area contributed by atoms with Crippen molar-refractivity contribution < 1.29 is 14.6 Å². The molecule has 2 heterocycles. The monoisotopic (exact) mass is 252 g/mol. The molecule has 0 saturated carbocycles. The van der Waals surface area contributed by atoms with E-state index in [9.17, 15) is 5.11 Å². The van der Waals surface area contributed by atoms with Crippen molar-refractivity contribution in [1.29, 1.82) is 0 Å². The quantitative estimate of drug-likeness (QED) is 0.808. The summed E-state index contributed by atoms with van der Waals surface area (Å²) in [6.45, 7) is 2.47. The van der Waals surface area contributed by atoms with Gasteiger partial charge in [0.15, 0.2) is 0 Å². The smallest absolute Gasteiger partial charge is 0.217 e. The number of aromatic nitrogens is 1. The SMILES string of the molecule is COc1ncccc1CNCC1(O)CCOCC1. The number of hydrogen-bond acceptors (Lipinski definition) is 5. The highest BCUT2D eigenvalue weighted by Gasteiger charge is 2.29. The molecule has 1 fully saturated rings. The van der Waals surface area contributed by atoms with Crippen LogP contribution in [0.3, 0.4) is 0 Å². The van der Waals surface area contributed by atoms with Crippen molar-refractivity contribution >= 4 is 0 Å². The molecule has 0 spiro atoms. The zero-order valence-electron chi connectivity index (χ0n) is 10.7. The summed E-state index contributed by atoms with van der Waals surface area (Å²) in [5.41, 5.74) is 0.351. The predicted molar refractivity (Wildman–Crippen MR) is 67.5 cm³/mol. The van der Waals surface area contributed by atoms with Crippen LogP contribution in [0.25, 0.3) is 0 Å². The van der Waals surface area contributed by atoms with Gasteiger partial charge in [0.1, 0.15) is 0 Å². The first-order valence-corrected chi connectivity index (χ1v) is 6.22. The molecule has 100 valence electrons. The molecule has 2 N–H and O–H groups in total. The minimum absolute atomic E-state index is 0.564. The summed E-state index contributed by atoms with van der Waals surface area (Å²) in [4.78, 5) is 4.14. The third-order valence-corrected chi connectivity index (χ3v) is 3.24. The molecule has 0 atom stereocenters. The molecule has 18 heavy (non-hydrogen) atoms. The Morgan fingerprint density at radius 2 is 2.28 bits per heavy atom. The number of aliphatic hydroxyl groups is 1. The number of methoxy groups -OCH3 is 1. The highest BCUT2D eigenvalue weighted by molar-refractivity contribution is 5.25. The molecule has 2 rings (SSSR count). The average molecular weight is 252 g/mol. The van der Waals surface area contributed by atoms with E-state index in [-0.39, 0.29) is 0 Å². The zero-order chi connectivity index (χ0) is 12.8. The molecule has 1 aliphatic heterocycles. The Kier molecular flexibility index (Phi) is 4.52. The highest BCUT2D eigenvalue weighted by Crippen LogP contribution is 2.20. The maximum atomic E-state index is 10.3. The van der Waals surface area contributed by atoms with Crippen molar-refractivity contribution in [2.45, 2.75) is 25.0 Å². The van der Waals surface area contributed by atoms with Gasteiger partial charge in [-0.3, -0.25) is 0 Å². The Labute approximate surface area is 107 Å². The van der Waals surface area contributed by atoms with E-state index in [0.29, 0.717) is 45.0 Å². The molecule has 0 aliphatic carbocycles. The van der Waals surface area contributed by atoms with E-state index in [1.54, 1.807) is 13.3 Å². The summed E-state index contributed by atoms with van der Waals surface area (Å²) in [5.74, 6) is 0.629. The van der Waals surface area contributed by atoms with Crippen molar-refractivity contribution in [2.24, 2.45) is 0 Å². The highest BCUT2D eigenvalue weighted by atomic mass is 16.5. The third kappa shape index (κ3) is 3.41. The summed E-state index contributed by atoms with van der Waals surface area (Å²) in [7, 11) is 1.61. The van der Waals surface area contributed by atoms with Gasteiger partial charge in [-0.2, -0.15) is 0 Å². The Morgan fingerprint density at radius 3 is 3.00 bits per heavy atom. The minimum Gasteiger partial charge on any atom is -0.481 e. The molecular weight excluding hydrogens is 232 g/mol. The van der Waals surface area contributed by atoms with E-state index < -0.39 is 5.60 Å². The van der Waals surface area contributed by atoms with Crippen LogP contribution in [0, 0.1) is 0 Å². The first kappa shape index (κ1) is 13.3. The van der Waals surface area contributed by atoms with E-state index >= 15 is 0 Å². The Hall–Kier alpha value is -1.17. The molecule has 0 amide bonds. The summed E-state index contributed by atoms with van der Waals surface area (Å²) in [6.07, 6.45) is 3.07. The molecule has 0 aromatic carbocycles. The zero-order valence-corrected chi connectivity index (χ0v) is 10.7. The van der Waals surface area contributed by atoms with Gasteiger partial charge in [0.2, 0.25) is 5.88 Å². The summed E-state index contributed by atoms with van der Waals surface area (Å²) < 4.78 is 10.4. The fourth-order valence-electron chi connectivity index (χ4n) is 2.10. The number of rotatable bonds is 5. The van der Waals surface area contributed by atoms with Crippen LogP contribution in [0.4, 0.5) is 0 Å². The van der Waals surface area contributed by atoms with Crippen LogP contribution in [0.15, 0.2) is 18.3 Å². The number of hydrogen-bond donors (Lipinski definition) is 2. The van der Waals surface area contributed by atoms with Crippen molar-refractivity contribution in [3.05, 3.63) is 23.9 Å². The second kappa shape index (κ2) is 6.13. The van der Waals surface area contributed by atoms with Gasteiger partial charge < -0.3 is 19.9 Å². The van der Waals surface area contributed by atoms with Crippen molar-refractivity contribution in [1.82, 2.24) is 10.3 Å². The van der Waals surface area contributed by atoms with E-state index in [1.807, 2.05) is 12.1 Å². The number of ether oxygens (including phenoxy) is 2. The number of nitrogens with one attached hydrogen (secondary N) is 1. The standard InChI is InChI=1S/C13H20N2O3/c1-17-12-11(3-2-6-15-12)9-14-10-13(16)4-7-18-8-5-13/h2-3,6,14,16H,4-5,7-10H2,1H3. The normalized spacial score (nSPS) is 18.6. The Bertz CT molecular complexity index is 378. The van der Waals surface area contributed by atoms with E-state index in [0.717, 1.165) is 5.56 Å². The van der Waals surface area contributed by atoms with Crippen LogP contribution in [0.2, 0.25) is 0 Å². The number of nitrogens with zero attached hydrogens (tertiary/aromatic N) is 1. The summed E-state index contributed by atoms with van der Waals surface area (Å²) >= 11 is 0. The van der Waals surface area contributed by atoms with E-state index in [4.69, 9.17) is 9.47 Å². The van der Waals surface area contributed by atoms with Crippen molar-refractivity contribution in [3.63, 3.8) is 0 Å². The Morgan fingerprint density at radius 1 is 1.50 bits per heavy atom. The van der Waals surface area contributed by atoms with E-state index in [2.05, 4.69) is 10.3 Å². The average Bonchev–Trinajstić information content (AvgIpc) is 2.40. The van der Waals surface area contributed by atoms with Gasteiger partial charge in [0.05, 0.1) is 12.7 Å². The fourth-order valence-corrected chi connectivity index (χ4v) is 2.10. The van der Waals surface area contributed by atoms with Crippen LogP contribution < -0.4 is 10.1 Å². The third-order valence-electron chi connectivity index (χ3n) is 3.24.